The Kier molecular flexibility index (Phi) is 8.97. The van der Waals surface area contributed by atoms with Gasteiger partial charge in [-0.05, 0) is 45.1 Å². The number of amides is 2. The van der Waals surface area contributed by atoms with Crippen molar-refractivity contribution in [2.24, 2.45) is 0 Å². The first kappa shape index (κ1) is 23.3. The summed E-state index contributed by atoms with van der Waals surface area (Å²) in [6.45, 7) is 5.29. The van der Waals surface area contributed by atoms with Crippen LogP contribution < -0.4 is 14.8 Å². The van der Waals surface area contributed by atoms with E-state index in [9.17, 15) is 14.7 Å². The fourth-order valence-electron chi connectivity index (χ4n) is 4.06. The second kappa shape index (κ2) is 11.9. The van der Waals surface area contributed by atoms with Crippen molar-refractivity contribution in [3.05, 3.63) is 23.8 Å². The number of fused-ring (bicyclic) bond motifs is 1. The van der Waals surface area contributed by atoms with E-state index in [1.807, 2.05) is 30.0 Å². The molecular formula is C23H35N3O5. The van der Waals surface area contributed by atoms with Crippen LogP contribution >= 0.6 is 0 Å². The monoisotopic (exact) mass is 433 g/mol. The second-order valence-electron chi connectivity index (χ2n) is 8.22. The van der Waals surface area contributed by atoms with Crippen LogP contribution in [0.25, 0.3) is 0 Å². The van der Waals surface area contributed by atoms with Gasteiger partial charge in [0.2, 0.25) is 11.8 Å². The Morgan fingerprint density at radius 2 is 2.13 bits per heavy atom. The number of hydrogen-bond acceptors (Lipinski definition) is 6. The average molecular weight is 434 g/mol. The Morgan fingerprint density at radius 3 is 2.94 bits per heavy atom. The molecule has 0 aromatic heterocycles. The van der Waals surface area contributed by atoms with E-state index in [0.717, 1.165) is 37.7 Å². The predicted octanol–water partition coefficient (Wildman–Crippen LogP) is 1.55. The van der Waals surface area contributed by atoms with Crippen LogP contribution in [0, 0.1) is 0 Å². The average Bonchev–Trinajstić information content (AvgIpc) is 2.75. The molecule has 3 rings (SSSR count). The van der Waals surface area contributed by atoms with Gasteiger partial charge in [-0.3, -0.25) is 14.5 Å². The number of nitrogens with zero attached hydrogens (tertiary/aromatic N) is 2. The van der Waals surface area contributed by atoms with Crippen LogP contribution in [0.1, 0.15) is 44.6 Å². The summed E-state index contributed by atoms with van der Waals surface area (Å²) in [6, 6.07) is 5.75. The maximum absolute atomic E-state index is 12.9. The fourth-order valence-corrected chi connectivity index (χ4v) is 4.06. The number of ether oxygens (including phenoxy) is 2. The summed E-state index contributed by atoms with van der Waals surface area (Å²) in [6.07, 6.45) is 3.79. The minimum absolute atomic E-state index is 0.0701. The minimum Gasteiger partial charge on any atom is -0.490 e. The number of piperidine rings is 1. The number of carbonyl (C=O) groups is 2. The number of likely N-dealkylation sites (tertiary alicyclic amines) is 1. The molecule has 1 aromatic rings. The zero-order valence-electron chi connectivity index (χ0n) is 18.5. The summed E-state index contributed by atoms with van der Waals surface area (Å²) in [5.41, 5.74) is 0.893. The van der Waals surface area contributed by atoms with Crippen LogP contribution in [0.2, 0.25) is 0 Å². The van der Waals surface area contributed by atoms with Gasteiger partial charge in [-0.2, -0.15) is 0 Å². The first-order valence-corrected chi connectivity index (χ1v) is 11.4. The second-order valence-corrected chi connectivity index (χ2v) is 8.22. The lowest BCUT2D eigenvalue weighted by Crippen LogP contribution is -2.48. The highest BCUT2D eigenvalue weighted by Gasteiger charge is 2.25. The highest BCUT2D eigenvalue weighted by molar-refractivity contribution is 5.81. The summed E-state index contributed by atoms with van der Waals surface area (Å²) in [5, 5.41) is 12.9. The molecule has 1 atom stereocenters. The highest BCUT2D eigenvalue weighted by atomic mass is 16.5. The normalized spacial score (nSPS) is 21.5. The quantitative estimate of drug-likeness (QED) is 0.749. The molecule has 2 aliphatic rings. The van der Waals surface area contributed by atoms with E-state index in [-0.39, 0.29) is 24.9 Å². The van der Waals surface area contributed by atoms with Gasteiger partial charge in [0.05, 0.1) is 32.4 Å². The number of benzene rings is 1. The van der Waals surface area contributed by atoms with Gasteiger partial charge >= 0.3 is 0 Å². The van der Waals surface area contributed by atoms with Crippen molar-refractivity contribution in [2.45, 2.75) is 51.7 Å². The molecule has 0 saturated carbocycles. The number of nitrogens with one attached hydrogen (secondary N) is 1. The molecule has 31 heavy (non-hydrogen) atoms. The van der Waals surface area contributed by atoms with E-state index in [1.165, 1.54) is 0 Å². The van der Waals surface area contributed by atoms with Crippen molar-refractivity contribution in [3.8, 4) is 11.5 Å². The third kappa shape index (κ3) is 7.11. The molecule has 0 spiro atoms. The number of aliphatic hydroxyl groups is 1. The summed E-state index contributed by atoms with van der Waals surface area (Å²) in [7, 11) is 0. The molecule has 2 amide bonds. The van der Waals surface area contributed by atoms with Crippen LogP contribution in [0.4, 0.5) is 0 Å². The van der Waals surface area contributed by atoms with Crippen molar-refractivity contribution in [3.63, 3.8) is 0 Å². The van der Waals surface area contributed by atoms with E-state index >= 15 is 0 Å². The number of β-amino-alcohol motifs (C(OH)–C–C–N with tert-alkyl or cyclic N) is 1. The molecule has 0 radical (unpaired) electrons. The van der Waals surface area contributed by atoms with Crippen molar-refractivity contribution in [1.29, 1.82) is 0 Å². The molecule has 1 unspecified atom stereocenters. The third-order valence-corrected chi connectivity index (χ3v) is 5.62. The summed E-state index contributed by atoms with van der Waals surface area (Å²) in [5.74, 6) is 1.22. The first-order chi connectivity index (χ1) is 15.1. The van der Waals surface area contributed by atoms with Gasteiger partial charge in [0.1, 0.15) is 0 Å². The van der Waals surface area contributed by atoms with Crippen molar-refractivity contribution < 1.29 is 24.2 Å². The van der Waals surface area contributed by atoms with E-state index in [2.05, 4.69) is 5.32 Å². The van der Waals surface area contributed by atoms with Gasteiger partial charge < -0.3 is 24.8 Å². The number of hydrogen-bond donors (Lipinski definition) is 2. The van der Waals surface area contributed by atoms with Gasteiger partial charge in [-0.1, -0.05) is 12.1 Å². The zero-order valence-corrected chi connectivity index (χ0v) is 18.5. The fraction of sp³-hybridized carbons (Fsp3) is 0.652. The van der Waals surface area contributed by atoms with Crippen molar-refractivity contribution in [2.75, 3.05) is 45.9 Å². The number of aliphatic hydroxyl groups excluding tert-OH is 1. The Hall–Kier alpha value is -2.32. The Balaban J connectivity index is 1.80. The molecule has 0 bridgehead atoms. The standard InChI is InChI=1S/C23H35N3O5/c1-2-30-20-10-6-8-18-14-25(17-22(29)26-12-7-9-19(27)15-26)16-21(28)24-11-4-3-5-13-31-23(18)20/h6,8,10,19,27H,2-5,7,9,11-17H2,1H3,(H,24,28). The summed E-state index contributed by atoms with van der Waals surface area (Å²) in [4.78, 5) is 29.0. The number of carbonyl (C=O) groups excluding carboxylic acids is 2. The predicted molar refractivity (Wildman–Crippen MR) is 117 cm³/mol. The SMILES string of the molecule is CCOc1cccc2c1OCCCCCNC(=O)CN(CC(=O)N1CCCC(O)C1)C2. The molecule has 172 valence electrons. The maximum Gasteiger partial charge on any atom is 0.236 e. The largest absolute Gasteiger partial charge is 0.490 e. The van der Waals surface area contributed by atoms with Gasteiger partial charge in [0, 0.05) is 31.7 Å². The Morgan fingerprint density at radius 1 is 1.26 bits per heavy atom. The van der Waals surface area contributed by atoms with Gasteiger partial charge in [0.15, 0.2) is 11.5 Å². The molecule has 1 aromatic carbocycles. The van der Waals surface area contributed by atoms with E-state index in [0.29, 0.717) is 50.9 Å². The molecule has 1 fully saturated rings. The number of para-hydroxylation sites is 1. The molecule has 8 nitrogen and oxygen atoms in total. The topological polar surface area (TPSA) is 91.3 Å². The lowest BCUT2D eigenvalue weighted by molar-refractivity contribution is -0.136. The molecule has 2 aliphatic heterocycles. The molecular weight excluding hydrogens is 398 g/mol. The smallest absolute Gasteiger partial charge is 0.236 e. The van der Waals surface area contributed by atoms with Crippen LogP contribution in [-0.4, -0.2) is 78.8 Å². The first-order valence-electron chi connectivity index (χ1n) is 11.4. The molecule has 0 aliphatic carbocycles. The maximum atomic E-state index is 12.9. The third-order valence-electron chi connectivity index (χ3n) is 5.62. The van der Waals surface area contributed by atoms with Crippen LogP contribution in [0.15, 0.2) is 18.2 Å². The van der Waals surface area contributed by atoms with Gasteiger partial charge in [0.25, 0.3) is 0 Å². The summed E-state index contributed by atoms with van der Waals surface area (Å²) >= 11 is 0. The van der Waals surface area contributed by atoms with E-state index < -0.39 is 6.10 Å². The minimum atomic E-state index is -0.473. The highest BCUT2D eigenvalue weighted by Crippen LogP contribution is 2.32. The zero-order chi connectivity index (χ0) is 22.1. The molecule has 2 N–H and O–H groups in total. The lowest BCUT2D eigenvalue weighted by atomic mass is 10.1. The van der Waals surface area contributed by atoms with Crippen molar-refractivity contribution >= 4 is 11.8 Å². The molecule has 8 heteroatoms. The van der Waals surface area contributed by atoms with Gasteiger partial charge in [-0.15, -0.1) is 0 Å². The van der Waals surface area contributed by atoms with Crippen LogP contribution in [-0.2, 0) is 16.1 Å². The Labute approximate surface area is 184 Å². The van der Waals surface area contributed by atoms with Crippen LogP contribution in [0.3, 0.4) is 0 Å². The summed E-state index contributed by atoms with van der Waals surface area (Å²) < 4.78 is 11.9. The van der Waals surface area contributed by atoms with Gasteiger partial charge in [-0.25, -0.2) is 0 Å². The molecule has 1 saturated heterocycles. The lowest BCUT2D eigenvalue weighted by Gasteiger charge is -2.32. The van der Waals surface area contributed by atoms with Crippen LogP contribution in [0.5, 0.6) is 11.5 Å². The van der Waals surface area contributed by atoms with Crippen molar-refractivity contribution in [1.82, 2.24) is 15.1 Å². The Bertz CT molecular complexity index is 742. The van der Waals surface area contributed by atoms with E-state index in [1.54, 1.807) is 4.90 Å². The number of rotatable bonds is 4. The van der Waals surface area contributed by atoms with E-state index in [4.69, 9.17) is 9.47 Å². The molecule has 2 heterocycles.